The molecule has 2 saturated carbocycles. The van der Waals surface area contributed by atoms with Crippen molar-refractivity contribution in [3.05, 3.63) is 12.2 Å². The number of aliphatic hydroxyl groups is 2. The van der Waals surface area contributed by atoms with Gasteiger partial charge in [-0.25, -0.2) is 4.79 Å². The minimum atomic E-state index is -1.65. The lowest BCUT2D eigenvalue weighted by Crippen LogP contribution is -2.50. The van der Waals surface area contributed by atoms with Gasteiger partial charge in [0.25, 0.3) is 0 Å². The molecule has 8 nitrogen and oxygen atoms in total. The van der Waals surface area contributed by atoms with E-state index in [1.807, 2.05) is 13.8 Å². The maximum atomic E-state index is 12.5. The summed E-state index contributed by atoms with van der Waals surface area (Å²) < 4.78 is 22.9. The molecule has 0 amide bonds. The number of esters is 2. The lowest BCUT2D eigenvalue weighted by Gasteiger charge is -2.36. The Morgan fingerprint density at radius 2 is 2.14 bits per heavy atom. The van der Waals surface area contributed by atoms with Gasteiger partial charge in [0, 0.05) is 17.9 Å². The van der Waals surface area contributed by atoms with Crippen molar-refractivity contribution in [3.8, 4) is 0 Å². The van der Waals surface area contributed by atoms with E-state index in [2.05, 4.69) is 6.58 Å². The molecule has 0 aromatic rings. The van der Waals surface area contributed by atoms with Crippen molar-refractivity contribution in [2.24, 2.45) is 23.7 Å². The van der Waals surface area contributed by atoms with Gasteiger partial charge in [-0.15, -0.1) is 0 Å². The summed E-state index contributed by atoms with van der Waals surface area (Å²) in [5, 5.41) is 22.6. The van der Waals surface area contributed by atoms with Gasteiger partial charge in [0.2, 0.25) is 5.79 Å². The number of ether oxygens (including phenoxy) is 4. The molecule has 0 aromatic heterocycles. The van der Waals surface area contributed by atoms with Crippen molar-refractivity contribution in [2.45, 2.75) is 68.9 Å². The van der Waals surface area contributed by atoms with E-state index in [1.54, 1.807) is 6.92 Å². The van der Waals surface area contributed by atoms with E-state index in [4.69, 9.17) is 18.9 Å². The van der Waals surface area contributed by atoms with Crippen LogP contribution in [0, 0.1) is 23.7 Å². The van der Waals surface area contributed by atoms with Crippen LogP contribution in [0.4, 0.5) is 0 Å². The molecule has 28 heavy (non-hydrogen) atoms. The summed E-state index contributed by atoms with van der Waals surface area (Å²) in [6, 6.07) is 0. The monoisotopic (exact) mass is 394 g/mol. The molecule has 5 aliphatic rings. The number of rotatable bonds is 3. The van der Waals surface area contributed by atoms with Crippen LogP contribution < -0.4 is 0 Å². The lowest BCUT2D eigenvalue weighted by atomic mass is 9.74. The van der Waals surface area contributed by atoms with Crippen LogP contribution >= 0.6 is 0 Å². The molecule has 3 aliphatic heterocycles. The Bertz CT molecular complexity index is 780. The predicted molar refractivity (Wildman–Crippen MR) is 92.6 cm³/mol. The summed E-state index contributed by atoms with van der Waals surface area (Å²) in [7, 11) is 0. The Morgan fingerprint density at radius 3 is 2.82 bits per heavy atom. The van der Waals surface area contributed by atoms with Crippen molar-refractivity contribution in [1.82, 2.24) is 0 Å². The van der Waals surface area contributed by atoms with Gasteiger partial charge in [0.05, 0.1) is 24.4 Å². The number of hydrogen-bond acceptors (Lipinski definition) is 8. The molecule has 3 saturated heterocycles. The first-order valence-corrected chi connectivity index (χ1v) is 9.93. The Morgan fingerprint density at radius 1 is 1.43 bits per heavy atom. The molecule has 5 fully saturated rings. The predicted octanol–water partition coefficient (Wildman–Crippen LogP) is 0.299. The molecule has 8 heteroatoms. The van der Waals surface area contributed by atoms with Crippen LogP contribution in [0.25, 0.3) is 0 Å². The third-order valence-electron chi connectivity index (χ3n) is 7.66. The van der Waals surface area contributed by atoms with Crippen molar-refractivity contribution in [2.75, 3.05) is 6.61 Å². The van der Waals surface area contributed by atoms with Gasteiger partial charge in [-0.1, -0.05) is 20.4 Å². The number of epoxide rings is 1. The molecule has 2 aliphatic carbocycles. The first-order chi connectivity index (χ1) is 13.1. The molecule has 0 aromatic carbocycles. The zero-order valence-corrected chi connectivity index (χ0v) is 16.2. The fourth-order valence-corrected chi connectivity index (χ4v) is 6.00. The molecule has 0 spiro atoms. The highest BCUT2D eigenvalue weighted by Crippen LogP contribution is 2.70. The van der Waals surface area contributed by atoms with Crippen molar-refractivity contribution < 1.29 is 38.7 Å². The van der Waals surface area contributed by atoms with Gasteiger partial charge >= 0.3 is 11.9 Å². The summed E-state index contributed by atoms with van der Waals surface area (Å²) in [6.45, 7) is 9.27. The van der Waals surface area contributed by atoms with E-state index in [9.17, 15) is 19.8 Å². The maximum Gasteiger partial charge on any atom is 0.334 e. The van der Waals surface area contributed by atoms with Gasteiger partial charge < -0.3 is 29.2 Å². The Hall–Kier alpha value is -1.48. The van der Waals surface area contributed by atoms with Gasteiger partial charge in [-0.2, -0.15) is 0 Å². The minimum Gasteiger partial charge on any atom is -0.461 e. The Balaban J connectivity index is 1.58. The summed E-state index contributed by atoms with van der Waals surface area (Å²) >= 11 is 0. The lowest BCUT2D eigenvalue weighted by molar-refractivity contribution is -0.220. The summed E-state index contributed by atoms with van der Waals surface area (Å²) in [5.74, 6) is -4.69. The fraction of sp³-hybridized carbons (Fsp3) is 0.800. The van der Waals surface area contributed by atoms with Crippen LogP contribution in [0.5, 0.6) is 0 Å². The topological polar surface area (TPSA) is 115 Å². The number of carbonyl (C=O) groups excluding carboxylic acids is 2. The highest BCUT2D eigenvalue weighted by Gasteiger charge is 2.87. The maximum absolute atomic E-state index is 12.5. The molecule has 0 unspecified atom stereocenters. The molecule has 0 radical (unpaired) electrons. The molecule has 2 N–H and O–H groups in total. The zero-order valence-electron chi connectivity index (χ0n) is 16.2. The third-order valence-corrected chi connectivity index (χ3v) is 7.66. The van der Waals surface area contributed by atoms with Crippen LogP contribution in [0.2, 0.25) is 0 Å². The number of fused-ring (bicyclic) bond motifs is 5. The number of carbonyl (C=O) groups is 2. The van der Waals surface area contributed by atoms with Crippen molar-refractivity contribution in [3.63, 3.8) is 0 Å². The standard InChI is InChI=1S/C20H26O8/c1-5-8(2)15(21)26-10-6-19(23)7-25-20(24)14(19)12(18(4)17(20)28-18)13-11(10)9(3)16(22)27-13/h8,10-14,17,23-24H,3,5-7H2,1-2,4H3/t8-,10-,11+,12+,13-,14+,17-,18-,19+,20-/m0/s1. The minimum absolute atomic E-state index is 0.0400. The zero-order chi connectivity index (χ0) is 20.2. The highest BCUT2D eigenvalue weighted by atomic mass is 16.7. The second-order valence-corrected chi connectivity index (χ2v) is 9.24. The quantitative estimate of drug-likeness (QED) is 0.399. The average molecular weight is 394 g/mol. The fourth-order valence-electron chi connectivity index (χ4n) is 6.00. The second kappa shape index (κ2) is 5.36. The Kier molecular flexibility index (Phi) is 3.55. The largest absolute Gasteiger partial charge is 0.461 e. The van der Waals surface area contributed by atoms with Crippen molar-refractivity contribution >= 4 is 11.9 Å². The molecule has 3 heterocycles. The van der Waals surface area contributed by atoms with Gasteiger partial charge in [0.15, 0.2) is 0 Å². The van der Waals surface area contributed by atoms with Crippen LogP contribution in [0.3, 0.4) is 0 Å². The highest BCUT2D eigenvalue weighted by molar-refractivity contribution is 5.91. The number of hydrogen-bond donors (Lipinski definition) is 2. The van der Waals surface area contributed by atoms with E-state index >= 15 is 0 Å². The van der Waals surface area contributed by atoms with Gasteiger partial charge in [-0.05, 0) is 13.3 Å². The summed E-state index contributed by atoms with van der Waals surface area (Å²) in [6.07, 6.45) is -1.44. The summed E-state index contributed by atoms with van der Waals surface area (Å²) in [4.78, 5) is 24.9. The van der Waals surface area contributed by atoms with E-state index in [-0.39, 0.29) is 24.5 Å². The van der Waals surface area contributed by atoms with E-state index in [0.29, 0.717) is 6.42 Å². The molecule has 5 rings (SSSR count). The smallest absolute Gasteiger partial charge is 0.334 e. The van der Waals surface area contributed by atoms with Gasteiger partial charge in [0.1, 0.15) is 29.5 Å². The van der Waals surface area contributed by atoms with Crippen LogP contribution in [0.15, 0.2) is 12.2 Å². The second-order valence-electron chi connectivity index (χ2n) is 9.24. The molecular weight excluding hydrogens is 368 g/mol. The molecule has 154 valence electrons. The molecule has 0 bridgehead atoms. The first kappa shape index (κ1) is 18.5. The SMILES string of the molecule is C=C1C(=O)O[C@H]2[C@H]1[C@@H](OC(=O)[C@@H](C)CC)C[C@@]1(O)CO[C@@]3(O)[C@@H]1[C@@H]2[C@]1(C)O[C@@H]13. The normalized spacial score (nSPS) is 54.3. The van der Waals surface area contributed by atoms with Crippen molar-refractivity contribution in [1.29, 1.82) is 0 Å². The van der Waals surface area contributed by atoms with Crippen LogP contribution in [-0.2, 0) is 28.5 Å². The third kappa shape index (κ3) is 2.04. The molecular formula is C20H26O8. The Labute approximate surface area is 162 Å². The summed E-state index contributed by atoms with van der Waals surface area (Å²) in [5.41, 5.74) is -1.97. The van der Waals surface area contributed by atoms with E-state index in [0.717, 1.165) is 0 Å². The van der Waals surface area contributed by atoms with Gasteiger partial charge in [-0.3, -0.25) is 4.79 Å². The average Bonchev–Trinajstić information content (AvgIpc) is 3.12. The van der Waals surface area contributed by atoms with E-state index in [1.165, 1.54) is 0 Å². The molecule has 10 atom stereocenters. The van der Waals surface area contributed by atoms with E-state index < -0.39 is 65.0 Å². The van der Waals surface area contributed by atoms with Crippen LogP contribution in [-0.4, -0.2) is 64.1 Å². The van der Waals surface area contributed by atoms with Crippen LogP contribution in [0.1, 0.15) is 33.6 Å². The first-order valence-electron chi connectivity index (χ1n) is 9.93.